The Kier molecular flexibility index (Phi) is 4.10. The van der Waals surface area contributed by atoms with E-state index in [9.17, 15) is 5.11 Å². The lowest BCUT2D eigenvalue weighted by Crippen LogP contribution is -2.48. The summed E-state index contributed by atoms with van der Waals surface area (Å²) in [4.78, 5) is 4.27. The minimum Gasteiger partial charge on any atom is -0.394 e. The summed E-state index contributed by atoms with van der Waals surface area (Å²) in [6.07, 6.45) is 1.87. The van der Waals surface area contributed by atoms with Crippen molar-refractivity contribution in [2.75, 3.05) is 6.61 Å². The van der Waals surface area contributed by atoms with Gasteiger partial charge in [0.25, 0.3) is 0 Å². The highest BCUT2D eigenvalue weighted by atomic mass is 16.3. The van der Waals surface area contributed by atoms with Crippen molar-refractivity contribution in [3.63, 3.8) is 0 Å². The van der Waals surface area contributed by atoms with E-state index in [4.69, 9.17) is 0 Å². The first-order valence-electron chi connectivity index (χ1n) is 5.72. The molecule has 1 aromatic heterocycles. The molecule has 0 bridgehead atoms. The first-order chi connectivity index (χ1) is 7.35. The second-order valence-electron chi connectivity index (χ2n) is 5.16. The van der Waals surface area contributed by atoms with Crippen LogP contribution in [-0.2, 0) is 6.54 Å². The molecule has 0 radical (unpaired) electrons. The summed E-state index contributed by atoms with van der Waals surface area (Å²) in [6.45, 7) is 11.2. The number of aromatic nitrogens is 2. The SMILES string of the molecule is Cc1ncn(CC(C)NC(C)(C)CO)c1C. The lowest BCUT2D eigenvalue weighted by Gasteiger charge is -2.28. The molecular weight excluding hydrogens is 202 g/mol. The fourth-order valence-electron chi connectivity index (χ4n) is 1.78. The van der Waals surface area contributed by atoms with E-state index in [-0.39, 0.29) is 12.1 Å². The summed E-state index contributed by atoms with van der Waals surface area (Å²) in [6, 6.07) is 0.300. The number of nitrogens with one attached hydrogen (secondary N) is 1. The van der Waals surface area contributed by atoms with Gasteiger partial charge in [0.1, 0.15) is 0 Å². The first kappa shape index (κ1) is 13.2. The number of aliphatic hydroxyl groups excluding tert-OH is 1. The zero-order chi connectivity index (χ0) is 12.3. The van der Waals surface area contributed by atoms with Crippen LogP contribution in [-0.4, -0.2) is 32.8 Å². The van der Waals surface area contributed by atoms with Crippen LogP contribution in [0.3, 0.4) is 0 Å². The molecule has 0 aliphatic heterocycles. The van der Waals surface area contributed by atoms with Crippen LogP contribution in [0.25, 0.3) is 0 Å². The van der Waals surface area contributed by atoms with Crippen molar-refractivity contribution in [3.8, 4) is 0 Å². The summed E-state index contributed by atoms with van der Waals surface area (Å²) in [7, 11) is 0. The van der Waals surface area contributed by atoms with Crippen LogP contribution in [0.1, 0.15) is 32.2 Å². The zero-order valence-electron chi connectivity index (χ0n) is 10.9. The summed E-state index contributed by atoms with van der Waals surface area (Å²) in [5, 5.41) is 12.6. The summed E-state index contributed by atoms with van der Waals surface area (Å²) >= 11 is 0. The van der Waals surface area contributed by atoms with Crippen molar-refractivity contribution < 1.29 is 5.11 Å². The molecule has 16 heavy (non-hydrogen) atoms. The zero-order valence-corrected chi connectivity index (χ0v) is 10.9. The Morgan fingerprint density at radius 2 is 2.12 bits per heavy atom. The molecule has 0 fully saturated rings. The van der Waals surface area contributed by atoms with Gasteiger partial charge in [-0.3, -0.25) is 0 Å². The highest BCUT2D eigenvalue weighted by Gasteiger charge is 2.19. The fourth-order valence-corrected chi connectivity index (χ4v) is 1.78. The summed E-state index contributed by atoms with van der Waals surface area (Å²) < 4.78 is 2.14. The van der Waals surface area contributed by atoms with Gasteiger partial charge in [-0.25, -0.2) is 4.98 Å². The molecule has 1 rings (SSSR count). The van der Waals surface area contributed by atoms with E-state index in [0.717, 1.165) is 12.2 Å². The predicted octanol–water partition coefficient (Wildman–Crippen LogP) is 1.25. The molecule has 1 heterocycles. The topological polar surface area (TPSA) is 50.1 Å². The Morgan fingerprint density at radius 3 is 2.56 bits per heavy atom. The molecule has 1 aromatic rings. The highest BCUT2D eigenvalue weighted by molar-refractivity contribution is 5.08. The number of nitrogens with zero attached hydrogens (tertiary/aromatic N) is 2. The molecule has 0 amide bonds. The van der Waals surface area contributed by atoms with Crippen molar-refractivity contribution in [2.24, 2.45) is 0 Å². The van der Waals surface area contributed by atoms with Crippen molar-refractivity contribution in [1.82, 2.24) is 14.9 Å². The van der Waals surface area contributed by atoms with Gasteiger partial charge in [0.15, 0.2) is 0 Å². The smallest absolute Gasteiger partial charge is 0.0951 e. The van der Waals surface area contributed by atoms with Crippen LogP contribution in [0, 0.1) is 13.8 Å². The molecule has 0 aliphatic carbocycles. The molecule has 1 unspecified atom stereocenters. The number of aliphatic hydroxyl groups is 1. The standard InChI is InChI=1S/C12H23N3O/c1-9(14-12(4,5)7-16)6-15-8-13-10(2)11(15)3/h8-9,14,16H,6-7H2,1-5H3. The fraction of sp³-hybridized carbons (Fsp3) is 0.750. The first-order valence-corrected chi connectivity index (χ1v) is 5.72. The molecule has 92 valence electrons. The molecule has 4 nitrogen and oxygen atoms in total. The quantitative estimate of drug-likeness (QED) is 0.793. The van der Waals surface area contributed by atoms with Crippen LogP contribution in [0.5, 0.6) is 0 Å². The normalized spacial score (nSPS) is 14.1. The van der Waals surface area contributed by atoms with E-state index in [1.807, 2.05) is 27.1 Å². The Balaban J connectivity index is 2.58. The second-order valence-corrected chi connectivity index (χ2v) is 5.16. The Labute approximate surface area is 97.7 Å². The maximum Gasteiger partial charge on any atom is 0.0951 e. The van der Waals surface area contributed by atoms with Crippen molar-refractivity contribution in [1.29, 1.82) is 0 Å². The molecule has 0 spiro atoms. The number of aryl methyl sites for hydroxylation is 1. The number of imidazole rings is 1. The third-order valence-electron chi connectivity index (χ3n) is 2.85. The minimum absolute atomic E-state index is 0.138. The Bertz CT molecular complexity index is 344. The van der Waals surface area contributed by atoms with Crippen molar-refractivity contribution in [3.05, 3.63) is 17.7 Å². The molecule has 0 aromatic carbocycles. The molecule has 0 aliphatic rings. The summed E-state index contributed by atoms with van der Waals surface area (Å²) in [5.74, 6) is 0. The predicted molar refractivity (Wildman–Crippen MR) is 65.5 cm³/mol. The van der Waals surface area contributed by atoms with E-state index in [2.05, 4.69) is 28.7 Å². The highest BCUT2D eigenvalue weighted by Crippen LogP contribution is 2.07. The van der Waals surface area contributed by atoms with Crippen molar-refractivity contribution >= 4 is 0 Å². The monoisotopic (exact) mass is 225 g/mol. The van der Waals surface area contributed by atoms with Gasteiger partial charge in [0.05, 0.1) is 18.6 Å². The summed E-state index contributed by atoms with van der Waals surface area (Å²) in [5.41, 5.74) is 2.05. The molecule has 0 saturated heterocycles. The van der Waals surface area contributed by atoms with Crippen molar-refractivity contribution in [2.45, 2.75) is 52.7 Å². The molecule has 2 N–H and O–H groups in total. The second kappa shape index (κ2) is 4.97. The van der Waals surface area contributed by atoms with E-state index in [1.54, 1.807) is 0 Å². The number of rotatable bonds is 5. The van der Waals surface area contributed by atoms with Crippen LogP contribution in [0.15, 0.2) is 6.33 Å². The molecule has 1 atom stereocenters. The van der Waals surface area contributed by atoms with Crippen LogP contribution in [0.2, 0.25) is 0 Å². The van der Waals surface area contributed by atoms with E-state index in [0.29, 0.717) is 6.04 Å². The van der Waals surface area contributed by atoms with Crippen LogP contribution >= 0.6 is 0 Å². The number of hydrogen-bond acceptors (Lipinski definition) is 3. The van der Waals surface area contributed by atoms with E-state index in [1.165, 1.54) is 5.69 Å². The van der Waals surface area contributed by atoms with Gasteiger partial charge in [-0.1, -0.05) is 0 Å². The Hall–Kier alpha value is -0.870. The van der Waals surface area contributed by atoms with Gasteiger partial charge in [-0.05, 0) is 34.6 Å². The third kappa shape index (κ3) is 3.32. The largest absolute Gasteiger partial charge is 0.394 e. The van der Waals surface area contributed by atoms with Gasteiger partial charge in [-0.15, -0.1) is 0 Å². The average Bonchev–Trinajstić information content (AvgIpc) is 2.49. The van der Waals surface area contributed by atoms with Gasteiger partial charge in [0, 0.05) is 23.8 Å². The lowest BCUT2D eigenvalue weighted by molar-refractivity contribution is 0.173. The lowest BCUT2D eigenvalue weighted by atomic mass is 10.1. The molecule has 0 saturated carbocycles. The van der Waals surface area contributed by atoms with Gasteiger partial charge < -0.3 is 15.0 Å². The Morgan fingerprint density at radius 1 is 1.50 bits per heavy atom. The minimum atomic E-state index is -0.233. The maximum absolute atomic E-state index is 9.19. The third-order valence-corrected chi connectivity index (χ3v) is 2.85. The molecular formula is C12H23N3O. The average molecular weight is 225 g/mol. The number of hydrogen-bond donors (Lipinski definition) is 2. The molecule has 4 heteroatoms. The van der Waals surface area contributed by atoms with Gasteiger partial charge >= 0.3 is 0 Å². The van der Waals surface area contributed by atoms with E-state index >= 15 is 0 Å². The van der Waals surface area contributed by atoms with Gasteiger partial charge in [0.2, 0.25) is 0 Å². The van der Waals surface area contributed by atoms with Crippen LogP contribution < -0.4 is 5.32 Å². The van der Waals surface area contributed by atoms with Crippen LogP contribution in [0.4, 0.5) is 0 Å². The van der Waals surface area contributed by atoms with E-state index < -0.39 is 0 Å². The maximum atomic E-state index is 9.19. The van der Waals surface area contributed by atoms with Gasteiger partial charge in [-0.2, -0.15) is 0 Å².